The van der Waals surface area contributed by atoms with Crippen LogP contribution in [-0.2, 0) is 0 Å². The average molecular weight is 334 g/mol. The zero-order chi connectivity index (χ0) is 16.8. The number of rotatable bonds is 6. The molecular weight excluding hydrogens is 320 g/mol. The summed E-state index contributed by atoms with van der Waals surface area (Å²) in [6.07, 6.45) is 0.836. The Labute approximate surface area is 135 Å². The van der Waals surface area contributed by atoms with E-state index in [1.165, 1.54) is 0 Å². The number of nitrogens with zero attached hydrogens (tertiary/aromatic N) is 3. The van der Waals surface area contributed by atoms with Gasteiger partial charge in [-0.2, -0.15) is 9.36 Å². The highest BCUT2D eigenvalue weighted by Crippen LogP contribution is 2.24. The lowest BCUT2D eigenvalue weighted by Crippen LogP contribution is -2.20. The van der Waals surface area contributed by atoms with Crippen LogP contribution in [0.1, 0.15) is 0 Å². The molecule has 6 N–H and O–H groups in total. The van der Waals surface area contributed by atoms with E-state index in [1.54, 1.807) is 31.3 Å². The molecule has 0 bridgehead atoms. The predicted octanol–water partition coefficient (Wildman–Crippen LogP) is 1.22. The normalized spacial score (nSPS) is 10.9. The summed E-state index contributed by atoms with van der Waals surface area (Å²) in [4.78, 5) is 14.2. The first-order chi connectivity index (χ1) is 11.0. The lowest BCUT2D eigenvalue weighted by atomic mass is 10.2. The third-order valence-corrected chi connectivity index (χ3v) is 3.20. The largest absolute Gasteiger partial charge is 0.370 e. The molecule has 0 unspecified atom stereocenters. The number of nitrogens with one attached hydrogen (secondary N) is 4. The fourth-order valence-corrected chi connectivity index (χ4v) is 2.27. The minimum atomic E-state index is -0.551. The highest BCUT2D eigenvalue weighted by atomic mass is 32.1. The molecule has 120 valence electrons. The van der Waals surface area contributed by atoms with Gasteiger partial charge in [-0.25, -0.2) is 0 Å². The fourth-order valence-electron chi connectivity index (χ4n) is 1.66. The van der Waals surface area contributed by atoms with Gasteiger partial charge in [0.25, 0.3) is 6.20 Å². The standard InChI is InChI=1S/C12H14N8O2S/c1-15-9(6-20(21)22)16-8-4-2-3-7(5-8)10-17-12(23-19-10)18-11(13)14/h2-6,15-16H,1H3,(H4,13,14,17,18,19)/b9-6+. The smallest absolute Gasteiger partial charge is 0.274 e. The number of benzene rings is 1. The highest BCUT2D eigenvalue weighted by molar-refractivity contribution is 7.10. The Balaban J connectivity index is 2.21. The second kappa shape index (κ2) is 7.17. The van der Waals surface area contributed by atoms with Crippen LogP contribution in [0, 0.1) is 15.5 Å². The highest BCUT2D eigenvalue weighted by Gasteiger charge is 2.08. The molecule has 23 heavy (non-hydrogen) atoms. The summed E-state index contributed by atoms with van der Waals surface area (Å²) in [7, 11) is 1.58. The monoisotopic (exact) mass is 334 g/mol. The Kier molecular flexibility index (Phi) is 5.04. The molecule has 11 heteroatoms. The van der Waals surface area contributed by atoms with E-state index in [1.807, 2.05) is 0 Å². The summed E-state index contributed by atoms with van der Waals surface area (Å²) in [5, 5.41) is 26.3. The van der Waals surface area contributed by atoms with Gasteiger partial charge in [-0.15, -0.1) is 0 Å². The van der Waals surface area contributed by atoms with E-state index in [9.17, 15) is 10.1 Å². The zero-order valence-corrected chi connectivity index (χ0v) is 12.8. The summed E-state index contributed by atoms with van der Waals surface area (Å²) in [6, 6.07) is 7.09. The van der Waals surface area contributed by atoms with Crippen LogP contribution in [0.2, 0.25) is 0 Å². The molecule has 0 aliphatic carbocycles. The molecule has 1 aromatic heterocycles. The van der Waals surface area contributed by atoms with E-state index < -0.39 is 4.92 Å². The number of guanidine groups is 1. The van der Waals surface area contributed by atoms with Crippen molar-refractivity contribution in [3.63, 3.8) is 0 Å². The molecule has 0 atom stereocenters. The van der Waals surface area contributed by atoms with Crippen molar-refractivity contribution in [1.82, 2.24) is 14.7 Å². The predicted molar refractivity (Wildman–Crippen MR) is 88.6 cm³/mol. The molecule has 1 heterocycles. The van der Waals surface area contributed by atoms with Gasteiger partial charge < -0.3 is 21.7 Å². The molecule has 10 nitrogen and oxygen atoms in total. The molecule has 0 aliphatic rings. The van der Waals surface area contributed by atoms with Crippen LogP contribution in [-0.4, -0.2) is 27.3 Å². The van der Waals surface area contributed by atoms with Crippen LogP contribution in [0.3, 0.4) is 0 Å². The number of aromatic nitrogens is 2. The molecule has 0 saturated carbocycles. The molecular formula is C12H14N8O2S. The first-order valence-electron chi connectivity index (χ1n) is 6.33. The van der Waals surface area contributed by atoms with Gasteiger partial charge >= 0.3 is 0 Å². The van der Waals surface area contributed by atoms with Crippen molar-refractivity contribution in [3.8, 4) is 11.4 Å². The van der Waals surface area contributed by atoms with Gasteiger partial charge in [-0.1, -0.05) is 12.1 Å². The Morgan fingerprint density at radius 3 is 2.91 bits per heavy atom. The van der Waals surface area contributed by atoms with Crippen LogP contribution in [0.25, 0.3) is 11.4 Å². The van der Waals surface area contributed by atoms with Crippen molar-refractivity contribution >= 4 is 28.3 Å². The van der Waals surface area contributed by atoms with Crippen molar-refractivity contribution in [2.75, 3.05) is 17.7 Å². The second-order valence-corrected chi connectivity index (χ2v) is 5.00. The molecule has 1 aromatic carbocycles. The van der Waals surface area contributed by atoms with Gasteiger partial charge in [0, 0.05) is 29.8 Å². The van der Waals surface area contributed by atoms with Gasteiger partial charge in [-0.05, 0) is 12.1 Å². The molecule has 2 rings (SSSR count). The molecule has 0 fully saturated rings. The lowest BCUT2D eigenvalue weighted by molar-refractivity contribution is -0.403. The second-order valence-electron chi connectivity index (χ2n) is 4.25. The molecule has 0 saturated heterocycles. The first kappa shape index (κ1) is 16.2. The van der Waals surface area contributed by atoms with E-state index in [0.29, 0.717) is 16.6 Å². The maximum absolute atomic E-state index is 10.5. The Bertz CT molecular complexity index is 757. The van der Waals surface area contributed by atoms with Crippen LogP contribution in [0.4, 0.5) is 10.8 Å². The Morgan fingerprint density at radius 1 is 1.48 bits per heavy atom. The third kappa shape index (κ3) is 4.64. The maximum Gasteiger partial charge on any atom is 0.274 e. The van der Waals surface area contributed by atoms with Crippen LogP contribution >= 0.6 is 11.5 Å². The maximum atomic E-state index is 10.5. The van der Waals surface area contributed by atoms with Crippen molar-refractivity contribution < 1.29 is 4.92 Å². The molecule has 2 aromatic rings. The van der Waals surface area contributed by atoms with Gasteiger partial charge in [0.2, 0.25) is 5.13 Å². The molecule has 0 radical (unpaired) electrons. The number of hydrogen-bond donors (Lipinski definition) is 5. The van der Waals surface area contributed by atoms with E-state index >= 15 is 0 Å². The Hall–Kier alpha value is -3.21. The van der Waals surface area contributed by atoms with Crippen molar-refractivity contribution in [2.45, 2.75) is 0 Å². The van der Waals surface area contributed by atoms with Gasteiger partial charge in [0.1, 0.15) is 0 Å². The first-order valence-corrected chi connectivity index (χ1v) is 7.10. The summed E-state index contributed by atoms with van der Waals surface area (Å²) >= 11 is 1.08. The van der Waals surface area contributed by atoms with Crippen LogP contribution in [0.5, 0.6) is 0 Å². The van der Waals surface area contributed by atoms with Crippen molar-refractivity contribution in [3.05, 3.63) is 46.4 Å². The number of hydrogen-bond acceptors (Lipinski definition) is 8. The number of nitrogens with two attached hydrogens (primary N) is 1. The summed E-state index contributed by atoms with van der Waals surface area (Å²) in [5.74, 6) is 0.496. The number of anilines is 2. The SMILES string of the molecule is CN/C(=C\[N+](=O)[O-])Nc1cccc(-c2nsc(NC(=N)N)n2)c1. The summed E-state index contributed by atoms with van der Waals surface area (Å²) in [5.41, 5.74) is 6.60. The fraction of sp³-hybridized carbons (Fsp3) is 0.0833. The minimum absolute atomic E-state index is 0.216. The van der Waals surface area contributed by atoms with Gasteiger partial charge in [0.15, 0.2) is 17.6 Å². The lowest BCUT2D eigenvalue weighted by Gasteiger charge is -2.08. The minimum Gasteiger partial charge on any atom is -0.370 e. The van der Waals surface area contributed by atoms with E-state index in [2.05, 4.69) is 25.3 Å². The summed E-state index contributed by atoms with van der Waals surface area (Å²) < 4.78 is 4.18. The van der Waals surface area contributed by atoms with Crippen molar-refractivity contribution in [1.29, 1.82) is 5.41 Å². The summed E-state index contributed by atoms with van der Waals surface area (Å²) in [6.45, 7) is 0. The van der Waals surface area contributed by atoms with E-state index in [0.717, 1.165) is 23.3 Å². The Morgan fingerprint density at radius 2 is 2.26 bits per heavy atom. The van der Waals surface area contributed by atoms with Gasteiger partial charge in [0.05, 0.1) is 4.92 Å². The third-order valence-electron chi connectivity index (χ3n) is 2.57. The van der Waals surface area contributed by atoms with Gasteiger partial charge in [-0.3, -0.25) is 15.5 Å². The number of nitro groups is 1. The van der Waals surface area contributed by atoms with Crippen molar-refractivity contribution in [2.24, 2.45) is 5.73 Å². The zero-order valence-electron chi connectivity index (χ0n) is 12.0. The van der Waals surface area contributed by atoms with E-state index in [4.69, 9.17) is 11.1 Å². The molecule has 0 aliphatic heterocycles. The van der Waals surface area contributed by atoms with Crippen LogP contribution < -0.4 is 21.7 Å². The molecule has 0 spiro atoms. The van der Waals surface area contributed by atoms with Crippen LogP contribution in [0.15, 0.2) is 36.3 Å². The average Bonchev–Trinajstić information content (AvgIpc) is 2.94. The quantitative estimate of drug-likeness (QED) is 0.228. The molecule has 0 amide bonds. The van der Waals surface area contributed by atoms with E-state index in [-0.39, 0.29) is 11.8 Å². The topological polar surface area (TPSA) is 155 Å².